The van der Waals surface area contributed by atoms with Gasteiger partial charge in [0.15, 0.2) is 0 Å². The molecular weight excluding hydrogens is 352 g/mol. The van der Waals surface area contributed by atoms with Crippen molar-refractivity contribution in [3.63, 3.8) is 0 Å². The van der Waals surface area contributed by atoms with Gasteiger partial charge in [-0.05, 0) is 41.0 Å². The number of carbonyl (C=O) groups is 2. The third kappa shape index (κ3) is 4.76. The Balaban J connectivity index is 1.69. The van der Waals surface area contributed by atoms with Crippen LogP contribution in [-0.2, 0) is 11.2 Å². The van der Waals surface area contributed by atoms with E-state index in [1.54, 1.807) is 31.4 Å². The molecule has 0 heterocycles. The molecule has 5 nitrogen and oxygen atoms in total. The number of benzene rings is 3. The van der Waals surface area contributed by atoms with Crippen LogP contribution in [0.15, 0.2) is 78.9 Å². The van der Waals surface area contributed by atoms with Gasteiger partial charge in [-0.1, -0.05) is 54.6 Å². The van der Waals surface area contributed by atoms with Gasteiger partial charge in [0.2, 0.25) is 5.91 Å². The Morgan fingerprint density at radius 3 is 2.07 bits per heavy atom. The molecule has 0 aliphatic heterocycles. The summed E-state index contributed by atoms with van der Waals surface area (Å²) in [6.07, 6.45) is 0.313. The molecule has 0 saturated carbocycles. The molecule has 142 valence electrons. The first kappa shape index (κ1) is 19.2. The zero-order valence-corrected chi connectivity index (χ0v) is 15.6. The highest BCUT2D eigenvalue weighted by Gasteiger charge is 2.19. The number of carbonyl (C=O) groups excluding carboxylic acids is 2. The van der Waals surface area contributed by atoms with Crippen molar-refractivity contribution < 1.29 is 14.3 Å². The van der Waals surface area contributed by atoms with Gasteiger partial charge in [0.25, 0.3) is 5.91 Å². The molecule has 0 saturated heterocycles. The first-order valence-corrected chi connectivity index (χ1v) is 8.95. The quantitative estimate of drug-likeness (QED) is 0.666. The van der Waals surface area contributed by atoms with Gasteiger partial charge >= 0.3 is 0 Å². The number of hydrogen-bond acceptors (Lipinski definition) is 3. The van der Waals surface area contributed by atoms with Crippen molar-refractivity contribution in [2.45, 2.75) is 12.5 Å². The van der Waals surface area contributed by atoms with Crippen molar-refractivity contribution in [2.24, 2.45) is 5.73 Å². The Hall–Kier alpha value is -3.60. The highest BCUT2D eigenvalue weighted by molar-refractivity contribution is 5.97. The molecule has 0 aliphatic carbocycles. The SMILES string of the molecule is COc1ccc(C[C@@H](NC(=O)c2ccc(-c3ccccc3)cc2)C(N)=O)cc1. The van der Waals surface area contributed by atoms with Crippen LogP contribution in [0.2, 0.25) is 0 Å². The maximum Gasteiger partial charge on any atom is 0.251 e. The number of ether oxygens (including phenoxy) is 1. The van der Waals surface area contributed by atoms with Crippen LogP contribution in [0, 0.1) is 0 Å². The van der Waals surface area contributed by atoms with Crippen LogP contribution in [0.5, 0.6) is 5.75 Å². The smallest absolute Gasteiger partial charge is 0.251 e. The Kier molecular flexibility index (Phi) is 6.07. The first-order chi connectivity index (χ1) is 13.6. The molecule has 0 spiro atoms. The highest BCUT2D eigenvalue weighted by Crippen LogP contribution is 2.19. The minimum atomic E-state index is -0.797. The Bertz CT molecular complexity index is 936. The number of amides is 2. The van der Waals surface area contributed by atoms with Crippen molar-refractivity contribution in [3.8, 4) is 16.9 Å². The van der Waals surface area contributed by atoms with Crippen LogP contribution in [-0.4, -0.2) is 25.0 Å². The number of nitrogens with two attached hydrogens (primary N) is 1. The summed E-state index contributed by atoms with van der Waals surface area (Å²) in [6, 6.07) is 23.6. The summed E-state index contributed by atoms with van der Waals surface area (Å²) in [7, 11) is 1.59. The van der Waals surface area contributed by atoms with E-state index >= 15 is 0 Å². The van der Waals surface area contributed by atoms with Crippen molar-refractivity contribution in [2.75, 3.05) is 7.11 Å². The van der Waals surface area contributed by atoms with Gasteiger partial charge in [0.1, 0.15) is 11.8 Å². The Morgan fingerprint density at radius 2 is 1.50 bits per heavy atom. The lowest BCUT2D eigenvalue weighted by molar-refractivity contribution is -0.119. The van der Waals surface area contributed by atoms with E-state index in [0.29, 0.717) is 12.0 Å². The number of nitrogens with one attached hydrogen (secondary N) is 1. The molecule has 0 aromatic heterocycles. The lowest BCUT2D eigenvalue weighted by Crippen LogP contribution is -2.45. The molecule has 0 radical (unpaired) electrons. The Morgan fingerprint density at radius 1 is 0.893 bits per heavy atom. The monoisotopic (exact) mass is 374 g/mol. The second-order valence-corrected chi connectivity index (χ2v) is 6.42. The van der Waals surface area contributed by atoms with E-state index in [4.69, 9.17) is 10.5 Å². The molecule has 0 aliphatic rings. The average molecular weight is 374 g/mol. The van der Waals surface area contributed by atoms with Crippen molar-refractivity contribution in [3.05, 3.63) is 90.0 Å². The summed E-state index contributed by atoms with van der Waals surface area (Å²) in [5, 5.41) is 2.72. The second-order valence-electron chi connectivity index (χ2n) is 6.42. The molecule has 0 fully saturated rings. The van der Waals surface area contributed by atoms with Gasteiger partial charge in [0.05, 0.1) is 7.11 Å². The molecule has 3 N–H and O–H groups in total. The fourth-order valence-electron chi connectivity index (χ4n) is 2.91. The van der Waals surface area contributed by atoms with Gasteiger partial charge in [-0.25, -0.2) is 0 Å². The van der Waals surface area contributed by atoms with Gasteiger partial charge in [-0.3, -0.25) is 9.59 Å². The van der Waals surface area contributed by atoms with Crippen LogP contribution in [0.3, 0.4) is 0 Å². The summed E-state index contributed by atoms with van der Waals surface area (Å²) in [6.45, 7) is 0. The number of primary amides is 1. The number of methoxy groups -OCH3 is 1. The zero-order valence-electron chi connectivity index (χ0n) is 15.6. The third-order valence-corrected chi connectivity index (χ3v) is 4.50. The van der Waals surface area contributed by atoms with Gasteiger partial charge in [0, 0.05) is 12.0 Å². The minimum absolute atomic E-state index is 0.313. The maximum absolute atomic E-state index is 12.6. The van der Waals surface area contributed by atoms with E-state index in [1.807, 2.05) is 54.6 Å². The predicted molar refractivity (Wildman–Crippen MR) is 109 cm³/mol. The first-order valence-electron chi connectivity index (χ1n) is 8.95. The second kappa shape index (κ2) is 8.86. The maximum atomic E-state index is 12.6. The molecule has 0 unspecified atom stereocenters. The fourth-order valence-corrected chi connectivity index (χ4v) is 2.91. The molecule has 0 bridgehead atoms. The topological polar surface area (TPSA) is 81.4 Å². The van der Waals surface area contributed by atoms with Crippen LogP contribution < -0.4 is 15.8 Å². The van der Waals surface area contributed by atoms with Crippen LogP contribution >= 0.6 is 0 Å². The van der Waals surface area contributed by atoms with E-state index in [-0.39, 0.29) is 5.91 Å². The van der Waals surface area contributed by atoms with Crippen LogP contribution in [0.25, 0.3) is 11.1 Å². The van der Waals surface area contributed by atoms with Crippen molar-refractivity contribution >= 4 is 11.8 Å². The molecule has 3 aromatic carbocycles. The van der Waals surface area contributed by atoms with Gasteiger partial charge in [-0.2, -0.15) is 0 Å². The summed E-state index contributed by atoms with van der Waals surface area (Å²) in [5.41, 5.74) is 8.93. The predicted octanol–water partition coefficient (Wildman–Crippen LogP) is 3.19. The van der Waals surface area contributed by atoms with E-state index < -0.39 is 11.9 Å². The van der Waals surface area contributed by atoms with Crippen molar-refractivity contribution in [1.29, 1.82) is 0 Å². The average Bonchev–Trinajstić information content (AvgIpc) is 2.74. The fraction of sp³-hybridized carbons (Fsp3) is 0.130. The minimum Gasteiger partial charge on any atom is -0.497 e. The molecule has 2 amide bonds. The Labute approximate surface area is 164 Å². The van der Waals surface area contributed by atoms with Gasteiger partial charge in [-0.15, -0.1) is 0 Å². The van der Waals surface area contributed by atoms with Gasteiger partial charge < -0.3 is 15.8 Å². The van der Waals surface area contributed by atoms with Crippen molar-refractivity contribution in [1.82, 2.24) is 5.32 Å². The highest BCUT2D eigenvalue weighted by atomic mass is 16.5. The van der Waals surface area contributed by atoms with Crippen LogP contribution in [0.4, 0.5) is 0 Å². The summed E-state index contributed by atoms with van der Waals surface area (Å²) in [4.78, 5) is 24.4. The number of rotatable bonds is 7. The molecule has 1 atom stereocenters. The standard InChI is InChI=1S/C23H22N2O3/c1-28-20-13-7-16(8-14-20)15-21(22(24)26)25-23(27)19-11-9-18(10-12-19)17-5-3-2-4-6-17/h2-14,21H,15H2,1H3,(H2,24,26)(H,25,27)/t21-/m1/s1. The van der Waals surface area contributed by atoms with E-state index in [9.17, 15) is 9.59 Å². The van der Waals surface area contributed by atoms with E-state index in [0.717, 1.165) is 22.4 Å². The molecular formula is C23H22N2O3. The molecule has 3 rings (SSSR count). The normalized spacial score (nSPS) is 11.5. The number of hydrogen-bond donors (Lipinski definition) is 2. The molecule has 5 heteroatoms. The largest absolute Gasteiger partial charge is 0.497 e. The molecule has 3 aromatic rings. The summed E-state index contributed by atoms with van der Waals surface area (Å²) < 4.78 is 5.12. The van der Waals surface area contributed by atoms with Crippen LogP contribution in [0.1, 0.15) is 15.9 Å². The summed E-state index contributed by atoms with van der Waals surface area (Å²) in [5.74, 6) is -0.191. The third-order valence-electron chi connectivity index (χ3n) is 4.50. The van der Waals surface area contributed by atoms with E-state index in [1.165, 1.54) is 0 Å². The lowest BCUT2D eigenvalue weighted by atomic mass is 10.0. The zero-order chi connectivity index (χ0) is 19.9. The summed E-state index contributed by atoms with van der Waals surface area (Å²) >= 11 is 0. The van der Waals surface area contributed by atoms with E-state index in [2.05, 4.69) is 5.32 Å². The lowest BCUT2D eigenvalue weighted by Gasteiger charge is -2.16. The molecule has 28 heavy (non-hydrogen) atoms.